The zero-order valence-electron chi connectivity index (χ0n) is 26.4. The number of rotatable bonds is 11. The van der Waals surface area contributed by atoms with Crippen LogP contribution in [0.5, 0.6) is 0 Å². The predicted molar refractivity (Wildman–Crippen MR) is 159 cm³/mol. The highest BCUT2D eigenvalue weighted by Crippen LogP contribution is 2.68. The summed E-state index contributed by atoms with van der Waals surface area (Å²) in [6, 6.07) is 0. The summed E-state index contributed by atoms with van der Waals surface area (Å²) in [5, 5.41) is 11.3. The summed E-state index contributed by atoms with van der Waals surface area (Å²) in [7, 11) is 0. The van der Waals surface area contributed by atoms with Gasteiger partial charge in [-0.05, 0) is 123 Å². The van der Waals surface area contributed by atoms with Crippen molar-refractivity contribution >= 4 is 11.9 Å². The Bertz CT molecular complexity index is 911. The molecule has 10 atom stereocenters. The van der Waals surface area contributed by atoms with Crippen molar-refractivity contribution in [3.8, 4) is 0 Å². The van der Waals surface area contributed by atoms with Gasteiger partial charge in [0.2, 0.25) is 0 Å². The molecular formula is C35H58O5. The van der Waals surface area contributed by atoms with Gasteiger partial charge < -0.3 is 14.6 Å². The van der Waals surface area contributed by atoms with Crippen LogP contribution in [0.2, 0.25) is 0 Å². The van der Waals surface area contributed by atoms with E-state index in [1.165, 1.54) is 19.3 Å². The van der Waals surface area contributed by atoms with Crippen molar-refractivity contribution < 1.29 is 24.2 Å². The summed E-state index contributed by atoms with van der Waals surface area (Å²) < 4.78 is 12.1. The van der Waals surface area contributed by atoms with Crippen LogP contribution in [0.1, 0.15) is 131 Å². The van der Waals surface area contributed by atoms with Crippen LogP contribution in [0.4, 0.5) is 0 Å². The number of ether oxygens (including phenoxy) is 2. The molecule has 0 bridgehead atoms. The Morgan fingerprint density at radius 3 is 2.17 bits per heavy atom. The van der Waals surface area contributed by atoms with E-state index in [1.54, 1.807) is 0 Å². The van der Waals surface area contributed by atoms with Gasteiger partial charge in [-0.25, -0.2) is 0 Å². The van der Waals surface area contributed by atoms with Crippen LogP contribution in [0.3, 0.4) is 0 Å². The molecule has 4 rings (SSSR count). The highest BCUT2D eigenvalue weighted by Gasteiger charge is 2.63. The lowest BCUT2D eigenvalue weighted by Crippen LogP contribution is -2.54. The Balaban J connectivity index is 1.54. The minimum atomic E-state index is -0.549. The number of carbonyl (C=O) groups is 2. The topological polar surface area (TPSA) is 72.8 Å². The van der Waals surface area contributed by atoms with Crippen molar-refractivity contribution in [2.45, 2.75) is 150 Å². The Kier molecular flexibility index (Phi) is 10.2. The second kappa shape index (κ2) is 12.9. The first kappa shape index (κ1) is 31.6. The molecule has 4 aliphatic carbocycles. The average molecular weight is 559 g/mol. The first-order valence-corrected chi connectivity index (χ1v) is 16.7. The first-order chi connectivity index (χ1) is 18.9. The highest BCUT2D eigenvalue weighted by atomic mass is 16.5. The van der Waals surface area contributed by atoms with E-state index in [4.69, 9.17) is 9.47 Å². The summed E-state index contributed by atoms with van der Waals surface area (Å²) in [6.07, 6.45) is 12.3. The summed E-state index contributed by atoms with van der Waals surface area (Å²) in [5.41, 5.74) is 1.16. The van der Waals surface area contributed by atoms with Gasteiger partial charge >= 0.3 is 11.9 Å². The Labute approximate surface area is 244 Å². The Hall–Kier alpha value is -1.36. The minimum absolute atomic E-state index is 0.00962. The van der Waals surface area contributed by atoms with Gasteiger partial charge in [-0.2, -0.15) is 0 Å². The highest BCUT2D eigenvalue weighted by molar-refractivity contribution is 5.70. The minimum Gasteiger partial charge on any atom is -0.462 e. The van der Waals surface area contributed by atoms with E-state index in [-0.39, 0.29) is 40.9 Å². The smallest absolute Gasteiger partial charge is 0.306 e. The lowest BCUT2D eigenvalue weighted by molar-refractivity contribution is -0.162. The van der Waals surface area contributed by atoms with Crippen LogP contribution in [-0.2, 0) is 19.1 Å². The summed E-state index contributed by atoms with van der Waals surface area (Å²) >= 11 is 0. The van der Waals surface area contributed by atoms with Gasteiger partial charge in [0.05, 0.1) is 6.10 Å². The first-order valence-electron chi connectivity index (χ1n) is 16.7. The number of aliphatic hydroxyl groups excluding tert-OH is 1. The van der Waals surface area contributed by atoms with E-state index in [9.17, 15) is 14.7 Å². The number of hydrogen-bond acceptors (Lipinski definition) is 5. The van der Waals surface area contributed by atoms with Crippen molar-refractivity contribution in [3.63, 3.8) is 0 Å². The lowest BCUT2D eigenvalue weighted by atomic mass is 9.44. The molecular weight excluding hydrogens is 500 g/mol. The van der Waals surface area contributed by atoms with Gasteiger partial charge in [-0.15, -0.1) is 0 Å². The van der Waals surface area contributed by atoms with Crippen LogP contribution < -0.4 is 0 Å². The van der Waals surface area contributed by atoms with Crippen molar-refractivity contribution in [2.24, 2.45) is 46.3 Å². The van der Waals surface area contributed by atoms with Crippen LogP contribution in [0, 0.1) is 46.3 Å². The number of aliphatic hydroxyl groups is 1. The molecule has 1 unspecified atom stereocenters. The fourth-order valence-corrected chi connectivity index (χ4v) is 9.86. The zero-order valence-corrected chi connectivity index (χ0v) is 26.4. The fourth-order valence-electron chi connectivity index (χ4n) is 9.86. The molecule has 4 aliphatic rings. The number of hydrogen-bond donors (Lipinski definition) is 1. The van der Waals surface area contributed by atoms with E-state index in [0.717, 1.165) is 63.4 Å². The predicted octanol–water partition coefficient (Wildman–Crippen LogP) is 8.03. The van der Waals surface area contributed by atoms with E-state index in [0.29, 0.717) is 42.4 Å². The monoisotopic (exact) mass is 558 g/mol. The van der Waals surface area contributed by atoms with Gasteiger partial charge in [-0.3, -0.25) is 9.59 Å². The molecule has 5 nitrogen and oxygen atoms in total. The summed E-state index contributed by atoms with van der Waals surface area (Å²) in [6.45, 7) is 17.9. The second-order valence-corrected chi connectivity index (χ2v) is 14.9. The molecule has 0 saturated heterocycles. The largest absolute Gasteiger partial charge is 0.462 e. The third-order valence-corrected chi connectivity index (χ3v) is 12.0. The molecule has 0 aromatic rings. The maximum absolute atomic E-state index is 12.8. The molecule has 40 heavy (non-hydrogen) atoms. The van der Waals surface area contributed by atoms with Crippen molar-refractivity contribution in [2.75, 3.05) is 0 Å². The molecule has 0 aliphatic heterocycles. The average Bonchev–Trinajstić information content (AvgIpc) is 3.18. The fraction of sp³-hybridized carbons (Fsp3) is 0.886. The van der Waals surface area contributed by atoms with E-state index in [2.05, 4.69) is 34.3 Å². The van der Waals surface area contributed by atoms with Crippen molar-refractivity contribution in [1.82, 2.24) is 0 Å². The quantitative estimate of drug-likeness (QED) is 0.205. The zero-order chi connectivity index (χ0) is 29.2. The molecule has 4 saturated carbocycles. The molecule has 228 valence electrons. The van der Waals surface area contributed by atoms with E-state index in [1.807, 2.05) is 13.8 Å². The van der Waals surface area contributed by atoms with Gasteiger partial charge in [0.1, 0.15) is 12.2 Å². The molecule has 1 N–H and O–H groups in total. The molecule has 0 aromatic carbocycles. The second-order valence-electron chi connectivity index (χ2n) is 14.9. The molecule has 4 fully saturated rings. The van der Waals surface area contributed by atoms with Gasteiger partial charge in [0.15, 0.2) is 0 Å². The number of esters is 2. The standard InChI is InChI=1S/C35H58O5/c1-8-10-31(37)39-25-16-18-34(6)24(20-25)13-14-26-27(34)17-19-35(7)28(26)21-30(40-32(38)11-9-2)33(35)23(5)29(36)15-12-22(3)4/h22,24-30,33,36H,5,8-21H2,1-4,6-7H3/t24?,25-,26+,27-,28-,29-,30-,33-,34-,35-/m0/s1. The normalized spacial score (nSPS) is 39.5. The van der Waals surface area contributed by atoms with Gasteiger partial charge in [0.25, 0.3) is 0 Å². The van der Waals surface area contributed by atoms with Crippen LogP contribution in [0.15, 0.2) is 12.2 Å². The molecule has 5 heteroatoms. The van der Waals surface area contributed by atoms with E-state index < -0.39 is 6.10 Å². The van der Waals surface area contributed by atoms with Crippen molar-refractivity contribution in [3.05, 3.63) is 12.2 Å². The van der Waals surface area contributed by atoms with Gasteiger partial charge in [0, 0.05) is 18.8 Å². The third kappa shape index (κ3) is 6.20. The lowest BCUT2D eigenvalue weighted by Gasteiger charge is -2.61. The van der Waals surface area contributed by atoms with Gasteiger partial charge in [-0.1, -0.05) is 48.1 Å². The Morgan fingerprint density at radius 2 is 1.52 bits per heavy atom. The molecule has 0 aromatic heterocycles. The molecule has 0 heterocycles. The maximum Gasteiger partial charge on any atom is 0.306 e. The number of fused-ring (bicyclic) bond motifs is 5. The van der Waals surface area contributed by atoms with Crippen molar-refractivity contribution in [1.29, 1.82) is 0 Å². The SMILES string of the molecule is C=C([C@@H](O)CCC(C)C)[C@H]1[C@@H](OC(=O)CCC)C[C@H]2[C@@H]3CCC4C[C@@H](OC(=O)CCC)CC[C@]4(C)[C@H]3CC[C@@]21C. The molecule has 0 spiro atoms. The molecule has 0 radical (unpaired) electrons. The van der Waals surface area contributed by atoms with E-state index >= 15 is 0 Å². The third-order valence-electron chi connectivity index (χ3n) is 12.0. The summed E-state index contributed by atoms with van der Waals surface area (Å²) in [5.74, 6) is 2.75. The van der Waals surface area contributed by atoms with Crippen LogP contribution in [-0.4, -0.2) is 35.4 Å². The summed E-state index contributed by atoms with van der Waals surface area (Å²) in [4.78, 5) is 25.0. The maximum atomic E-state index is 12.8. The number of carbonyl (C=O) groups excluding carboxylic acids is 2. The van der Waals surface area contributed by atoms with Crippen LogP contribution >= 0.6 is 0 Å². The Morgan fingerprint density at radius 1 is 0.875 bits per heavy atom. The van der Waals surface area contributed by atoms with Crippen LogP contribution in [0.25, 0.3) is 0 Å². The molecule has 0 amide bonds.